The molecule has 2 heteroatoms. The zero-order valence-corrected chi connectivity index (χ0v) is 9.36. The Bertz CT molecular complexity index is 373. The number of ketones is 1. The standard InChI is InChI=1S/C13H17NO/c1-10(15)9-14-8-7-12-5-3-4-6-13(12)11(14)2/h3-6,11H,7-9H2,1-2H3. The number of carbonyl (C=O) groups excluding carboxylic acids is 1. The molecular formula is C13H17NO. The van der Waals surface area contributed by atoms with E-state index in [0.29, 0.717) is 12.6 Å². The van der Waals surface area contributed by atoms with Gasteiger partial charge in [-0.2, -0.15) is 0 Å². The van der Waals surface area contributed by atoms with Crippen LogP contribution in [0, 0.1) is 0 Å². The first kappa shape index (κ1) is 10.4. The fourth-order valence-electron chi connectivity index (χ4n) is 2.33. The van der Waals surface area contributed by atoms with E-state index in [4.69, 9.17) is 0 Å². The normalized spacial score (nSPS) is 21.1. The minimum Gasteiger partial charge on any atom is -0.299 e. The van der Waals surface area contributed by atoms with Gasteiger partial charge in [-0.3, -0.25) is 9.69 Å². The van der Waals surface area contributed by atoms with Gasteiger partial charge in [0.15, 0.2) is 0 Å². The molecule has 0 radical (unpaired) electrons. The second kappa shape index (κ2) is 4.15. The molecule has 0 bridgehead atoms. The first-order valence-corrected chi connectivity index (χ1v) is 5.50. The summed E-state index contributed by atoms with van der Waals surface area (Å²) in [5.41, 5.74) is 2.81. The number of hydrogen-bond donors (Lipinski definition) is 0. The first-order valence-electron chi connectivity index (χ1n) is 5.50. The molecule has 1 aliphatic rings. The van der Waals surface area contributed by atoms with Crippen LogP contribution in [-0.4, -0.2) is 23.8 Å². The maximum absolute atomic E-state index is 11.1. The number of Topliss-reactive ketones (excluding diaryl/α,β-unsaturated/α-hetero) is 1. The highest BCUT2D eigenvalue weighted by atomic mass is 16.1. The Balaban J connectivity index is 2.22. The Morgan fingerprint density at radius 1 is 1.47 bits per heavy atom. The van der Waals surface area contributed by atoms with Crippen LogP contribution < -0.4 is 0 Å². The van der Waals surface area contributed by atoms with Crippen LogP contribution in [0.5, 0.6) is 0 Å². The minimum atomic E-state index is 0.251. The summed E-state index contributed by atoms with van der Waals surface area (Å²) in [5, 5.41) is 0. The molecular weight excluding hydrogens is 186 g/mol. The van der Waals surface area contributed by atoms with Gasteiger partial charge < -0.3 is 0 Å². The van der Waals surface area contributed by atoms with E-state index >= 15 is 0 Å². The lowest BCUT2D eigenvalue weighted by molar-refractivity contribution is -0.118. The van der Waals surface area contributed by atoms with Gasteiger partial charge in [0.1, 0.15) is 5.78 Å². The maximum Gasteiger partial charge on any atom is 0.143 e. The smallest absolute Gasteiger partial charge is 0.143 e. The average Bonchev–Trinajstić information content (AvgIpc) is 2.22. The number of nitrogens with zero attached hydrogens (tertiary/aromatic N) is 1. The molecule has 0 spiro atoms. The van der Waals surface area contributed by atoms with Gasteiger partial charge in [-0.1, -0.05) is 24.3 Å². The summed E-state index contributed by atoms with van der Waals surface area (Å²) in [6.45, 7) is 5.42. The molecule has 15 heavy (non-hydrogen) atoms. The summed E-state index contributed by atoms with van der Waals surface area (Å²) in [6, 6.07) is 8.90. The van der Waals surface area contributed by atoms with Crippen molar-refractivity contribution in [2.75, 3.05) is 13.1 Å². The van der Waals surface area contributed by atoms with Gasteiger partial charge in [0, 0.05) is 12.6 Å². The number of hydrogen-bond acceptors (Lipinski definition) is 2. The summed E-state index contributed by atoms with van der Waals surface area (Å²) in [6.07, 6.45) is 1.06. The SMILES string of the molecule is CC(=O)CN1CCc2ccccc2C1C. The van der Waals surface area contributed by atoms with Gasteiger partial charge in [-0.15, -0.1) is 0 Å². The van der Waals surface area contributed by atoms with Gasteiger partial charge in [0.25, 0.3) is 0 Å². The van der Waals surface area contributed by atoms with Crippen molar-refractivity contribution in [2.45, 2.75) is 26.3 Å². The summed E-state index contributed by atoms with van der Waals surface area (Å²) in [4.78, 5) is 13.4. The van der Waals surface area contributed by atoms with Crippen molar-refractivity contribution in [2.24, 2.45) is 0 Å². The van der Waals surface area contributed by atoms with E-state index in [-0.39, 0.29) is 5.78 Å². The van der Waals surface area contributed by atoms with Crippen LogP contribution in [0.25, 0.3) is 0 Å². The molecule has 0 aromatic heterocycles. The molecule has 1 heterocycles. The van der Waals surface area contributed by atoms with Gasteiger partial charge in [-0.05, 0) is 31.4 Å². The van der Waals surface area contributed by atoms with Crippen molar-refractivity contribution >= 4 is 5.78 Å². The summed E-state index contributed by atoms with van der Waals surface area (Å²) >= 11 is 0. The highest BCUT2D eigenvalue weighted by Gasteiger charge is 2.23. The van der Waals surface area contributed by atoms with Crippen molar-refractivity contribution in [1.82, 2.24) is 4.90 Å². The number of fused-ring (bicyclic) bond motifs is 1. The van der Waals surface area contributed by atoms with E-state index in [2.05, 4.69) is 36.1 Å². The highest BCUT2D eigenvalue weighted by molar-refractivity contribution is 5.77. The summed E-state index contributed by atoms with van der Waals surface area (Å²) < 4.78 is 0. The lowest BCUT2D eigenvalue weighted by Gasteiger charge is -2.34. The van der Waals surface area contributed by atoms with Gasteiger partial charge >= 0.3 is 0 Å². The van der Waals surface area contributed by atoms with Crippen LogP contribution >= 0.6 is 0 Å². The zero-order valence-electron chi connectivity index (χ0n) is 9.36. The van der Waals surface area contributed by atoms with E-state index in [1.165, 1.54) is 11.1 Å². The molecule has 0 aliphatic carbocycles. The Kier molecular flexibility index (Phi) is 2.87. The molecule has 2 rings (SSSR count). The molecule has 80 valence electrons. The third kappa shape index (κ3) is 2.10. The topological polar surface area (TPSA) is 20.3 Å². The number of carbonyl (C=O) groups is 1. The largest absolute Gasteiger partial charge is 0.299 e. The van der Waals surface area contributed by atoms with E-state index < -0.39 is 0 Å². The van der Waals surface area contributed by atoms with Gasteiger partial charge in [-0.25, -0.2) is 0 Å². The Morgan fingerprint density at radius 3 is 2.93 bits per heavy atom. The van der Waals surface area contributed by atoms with Crippen LogP contribution in [0.2, 0.25) is 0 Å². The van der Waals surface area contributed by atoms with Crippen LogP contribution in [0.4, 0.5) is 0 Å². The van der Waals surface area contributed by atoms with E-state index in [0.717, 1.165) is 13.0 Å². The maximum atomic E-state index is 11.1. The predicted octanol–water partition coefficient (Wildman–Crippen LogP) is 2.19. The number of benzene rings is 1. The van der Waals surface area contributed by atoms with Crippen LogP contribution in [0.1, 0.15) is 31.0 Å². The Hall–Kier alpha value is -1.15. The van der Waals surface area contributed by atoms with Crippen LogP contribution in [0.3, 0.4) is 0 Å². The Morgan fingerprint density at radius 2 is 2.20 bits per heavy atom. The van der Waals surface area contributed by atoms with Gasteiger partial charge in [0.05, 0.1) is 6.54 Å². The third-order valence-corrected chi connectivity index (χ3v) is 3.15. The molecule has 1 aromatic carbocycles. The van der Waals surface area contributed by atoms with Crippen molar-refractivity contribution in [1.29, 1.82) is 0 Å². The third-order valence-electron chi connectivity index (χ3n) is 3.15. The highest BCUT2D eigenvalue weighted by Crippen LogP contribution is 2.28. The second-order valence-corrected chi connectivity index (χ2v) is 4.30. The number of rotatable bonds is 2. The van der Waals surface area contributed by atoms with Gasteiger partial charge in [0.2, 0.25) is 0 Å². The molecule has 1 aromatic rings. The molecule has 1 aliphatic heterocycles. The lowest BCUT2D eigenvalue weighted by Crippen LogP contribution is -2.37. The predicted molar refractivity (Wildman–Crippen MR) is 60.8 cm³/mol. The van der Waals surface area contributed by atoms with E-state index in [9.17, 15) is 4.79 Å². The lowest BCUT2D eigenvalue weighted by atomic mass is 9.93. The molecule has 2 nitrogen and oxygen atoms in total. The summed E-state index contributed by atoms with van der Waals surface area (Å²) in [5.74, 6) is 0.251. The summed E-state index contributed by atoms with van der Waals surface area (Å²) in [7, 11) is 0. The van der Waals surface area contributed by atoms with E-state index in [1.807, 2.05) is 0 Å². The van der Waals surface area contributed by atoms with Crippen molar-refractivity contribution in [3.8, 4) is 0 Å². The molecule has 0 fully saturated rings. The van der Waals surface area contributed by atoms with Crippen molar-refractivity contribution < 1.29 is 4.79 Å². The molecule has 0 amide bonds. The van der Waals surface area contributed by atoms with Crippen molar-refractivity contribution in [3.63, 3.8) is 0 Å². The molecule has 0 N–H and O–H groups in total. The molecule has 1 atom stereocenters. The fraction of sp³-hybridized carbons (Fsp3) is 0.462. The quantitative estimate of drug-likeness (QED) is 0.734. The average molecular weight is 203 g/mol. The van der Waals surface area contributed by atoms with Crippen molar-refractivity contribution in [3.05, 3.63) is 35.4 Å². The molecule has 0 saturated heterocycles. The Labute approximate surface area is 90.9 Å². The minimum absolute atomic E-state index is 0.251. The van der Waals surface area contributed by atoms with E-state index in [1.54, 1.807) is 6.92 Å². The van der Waals surface area contributed by atoms with Crippen LogP contribution in [-0.2, 0) is 11.2 Å². The fourth-order valence-corrected chi connectivity index (χ4v) is 2.33. The second-order valence-electron chi connectivity index (χ2n) is 4.30. The molecule has 1 unspecified atom stereocenters. The monoisotopic (exact) mass is 203 g/mol. The van der Waals surface area contributed by atoms with Crippen LogP contribution in [0.15, 0.2) is 24.3 Å². The first-order chi connectivity index (χ1) is 7.18. The zero-order chi connectivity index (χ0) is 10.8. The molecule has 0 saturated carbocycles.